The van der Waals surface area contributed by atoms with Gasteiger partial charge in [-0.05, 0) is 17.7 Å². The quantitative estimate of drug-likeness (QED) is 0.753. The molecule has 2 N–H and O–H groups in total. The van der Waals surface area contributed by atoms with Gasteiger partial charge in [-0.25, -0.2) is 14.2 Å². The summed E-state index contributed by atoms with van der Waals surface area (Å²) in [7, 11) is 0. The van der Waals surface area contributed by atoms with E-state index < -0.39 is 11.8 Å². The van der Waals surface area contributed by atoms with Crippen molar-refractivity contribution in [1.82, 2.24) is 15.2 Å². The van der Waals surface area contributed by atoms with E-state index in [-0.39, 0.29) is 22.3 Å². The number of nitrogens with zero attached hydrogens (tertiary/aromatic N) is 2. The molecular weight excluding hydrogens is 329 g/mol. The molecule has 7 heteroatoms. The minimum Gasteiger partial charge on any atom is -0.477 e. The fraction of sp³-hybridized carbons (Fsp3) is 0. The molecule has 3 aromatic rings. The van der Waals surface area contributed by atoms with Gasteiger partial charge in [-0.15, -0.1) is 0 Å². The topological polar surface area (TPSA) is 78.9 Å². The van der Waals surface area contributed by atoms with Gasteiger partial charge in [0.2, 0.25) is 0 Å². The number of aromatic carboxylic acids is 1. The summed E-state index contributed by atoms with van der Waals surface area (Å²) < 4.78 is 14.9. The predicted octanol–water partition coefficient (Wildman–Crippen LogP) is 3.22. The van der Waals surface area contributed by atoms with E-state index in [0.717, 1.165) is 10.7 Å². The number of hydrogen-bond donors (Lipinski definition) is 2. The largest absolute Gasteiger partial charge is 0.477 e. The Morgan fingerprint density at radius 3 is 2.90 bits per heavy atom. The van der Waals surface area contributed by atoms with E-state index in [1.165, 1.54) is 0 Å². The van der Waals surface area contributed by atoms with Gasteiger partial charge in [-0.1, -0.05) is 28.1 Å². The molecule has 0 aliphatic rings. The average molecular weight is 336 g/mol. The number of nitrogens with one attached hydrogen (secondary N) is 1. The number of aromatic amines is 1. The smallest absolute Gasteiger partial charge is 0.354 e. The Kier molecular flexibility index (Phi) is 2.98. The van der Waals surface area contributed by atoms with Gasteiger partial charge in [0, 0.05) is 10.0 Å². The Balaban J connectivity index is 2.41. The Hall–Kier alpha value is -2.28. The third-order valence-corrected chi connectivity index (χ3v) is 3.36. The zero-order valence-electron chi connectivity index (χ0n) is 9.89. The van der Waals surface area contributed by atoms with E-state index in [2.05, 4.69) is 31.1 Å². The monoisotopic (exact) mass is 335 g/mol. The van der Waals surface area contributed by atoms with Gasteiger partial charge < -0.3 is 5.11 Å². The number of carboxylic acids is 1. The van der Waals surface area contributed by atoms with Crippen LogP contribution in [0.1, 0.15) is 10.5 Å². The van der Waals surface area contributed by atoms with E-state index in [1.54, 1.807) is 24.3 Å². The highest BCUT2D eigenvalue weighted by atomic mass is 79.9. The van der Waals surface area contributed by atoms with Gasteiger partial charge in [-0.2, -0.15) is 5.10 Å². The number of aromatic nitrogens is 3. The number of benzene rings is 1. The Bertz CT molecular complexity index is 832. The maximum absolute atomic E-state index is 14.1. The number of rotatable bonds is 2. The molecule has 3 rings (SSSR count). The summed E-state index contributed by atoms with van der Waals surface area (Å²) in [5, 5.41) is 15.5. The first kappa shape index (κ1) is 12.7. The van der Waals surface area contributed by atoms with Crippen LogP contribution in [0.5, 0.6) is 0 Å². The summed E-state index contributed by atoms with van der Waals surface area (Å²) in [6.07, 6.45) is 1.03. The third kappa shape index (κ3) is 1.96. The standard InChI is InChI=1S/C13H7BrFN3O2/c14-7-3-1-2-6(4-7)9-8(15)5-16-12-10(9)11(13(19)20)17-18-12/h1-5H,(H,19,20)(H,16,17,18). The van der Waals surface area contributed by atoms with Gasteiger partial charge in [0.25, 0.3) is 0 Å². The maximum Gasteiger partial charge on any atom is 0.354 e. The van der Waals surface area contributed by atoms with Crippen molar-refractivity contribution in [2.45, 2.75) is 0 Å². The average Bonchev–Trinajstić information content (AvgIpc) is 2.82. The van der Waals surface area contributed by atoms with Crippen molar-refractivity contribution in [3.05, 3.63) is 46.4 Å². The first-order valence-corrected chi connectivity index (χ1v) is 6.39. The summed E-state index contributed by atoms with van der Waals surface area (Å²) in [5.74, 6) is -1.81. The van der Waals surface area contributed by atoms with Crippen LogP contribution >= 0.6 is 15.9 Å². The molecule has 0 radical (unpaired) electrons. The zero-order chi connectivity index (χ0) is 14.3. The fourth-order valence-electron chi connectivity index (χ4n) is 2.05. The number of carboxylic acid groups (broad SMARTS) is 1. The van der Waals surface area contributed by atoms with Crippen molar-refractivity contribution in [3.8, 4) is 11.1 Å². The van der Waals surface area contributed by atoms with Gasteiger partial charge in [0.1, 0.15) is 5.82 Å². The highest BCUT2D eigenvalue weighted by Crippen LogP contribution is 2.32. The van der Waals surface area contributed by atoms with Crippen LogP contribution < -0.4 is 0 Å². The number of H-pyrrole nitrogens is 1. The van der Waals surface area contributed by atoms with Crippen molar-refractivity contribution >= 4 is 32.9 Å². The molecule has 0 fully saturated rings. The molecule has 0 unspecified atom stereocenters. The van der Waals surface area contributed by atoms with E-state index in [1.807, 2.05) is 0 Å². The molecule has 20 heavy (non-hydrogen) atoms. The summed E-state index contributed by atoms with van der Waals surface area (Å²) in [5.41, 5.74) is 0.705. The van der Waals surface area contributed by atoms with Crippen LogP contribution in [-0.4, -0.2) is 26.3 Å². The summed E-state index contributed by atoms with van der Waals surface area (Å²) >= 11 is 3.31. The molecule has 0 saturated heterocycles. The minimum absolute atomic E-state index is 0.163. The van der Waals surface area contributed by atoms with Crippen molar-refractivity contribution in [2.24, 2.45) is 0 Å². The minimum atomic E-state index is -1.21. The highest BCUT2D eigenvalue weighted by Gasteiger charge is 2.20. The van der Waals surface area contributed by atoms with Gasteiger partial charge >= 0.3 is 5.97 Å². The predicted molar refractivity (Wildman–Crippen MR) is 73.9 cm³/mol. The van der Waals surface area contributed by atoms with Gasteiger partial charge in [-0.3, -0.25) is 5.10 Å². The van der Waals surface area contributed by atoms with Crippen LogP contribution in [0.4, 0.5) is 4.39 Å². The molecule has 0 aliphatic carbocycles. The molecule has 100 valence electrons. The second-order valence-electron chi connectivity index (χ2n) is 4.09. The summed E-state index contributed by atoms with van der Waals surface area (Å²) in [6, 6.07) is 6.94. The maximum atomic E-state index is 14.1. The number of pyridine rings is 1. The second kappa shape index (κ2) is 4.68. The molecule has 0 bridgehead atoms. The fourth-order valence-corrected chi connectivity index (χ4v) is 2.44. The normalized spacial score (nSPS) is 10.9. The van der Waals surface area contributed by atoms with Gasteiger partial charge in [0.05, 0.1) is 11.6 Å². The van der Waals surface area contributed by atoms with Crippen molar-refractivity contribution in [1.29, 1.82) is 0 Å². The van der Waals surface area contributed by atoms with Crippen LogP contribution in [0, 0.1) is 5.82 Å². The van der Waals surface area contributed by atoms with Crippen LogP contribution in [0.3, 0.4) is 0 Å². The Morgan fingerprint density at radius 2 is 2.20 bits per heavy atom. The molecule has 2 aromatic heterocycles. The lowest BCUT2D eigenvalue weighted by Gasteiger charge is -2.06. The first-order chi connectivity index (χ1) is 9.58. The molecule has 5 nitrogen and oxygen atoms in total. The van der Waals surface area contributed by atoms with E-state index in [9.17, 15) is 9.18 Å². The number of halogens is 2. The Labute approximate surface area is 120 Å². The molecule has 0 aliphatic heterocycles. The zero-order valence-corrected chi connectivity index (χ0v) is 11.5. The molecule has 0 spiro atoms. The van der Waals surface area contributed by atoms with Crippen molar-refractivity contribution < 1.29 is 14.3 Å². The number of fused-ring (bicyclic) bond motifs is 1. The molecule has 0 saturated carbocycles. The molecular formula is C13H7BrFN3O2. The lowest BCUT2D eigenvalue weighted by molar-refractivity contribution is 0.0692. The lowest BCUT2D eigenvalue weighted by Crippen LogP contribution is -1.99. The van der Waals surface area contributed by atoms with E-state index in [0.29, 0.717) is 5.56 Å². The molecule has 0 atom stereocenters. The van der Waals surface area contributed by atoms with Crippen molar-refractivity contribution in [3.63, 3.8) is 0 Å². The first-order valence-electron chi connectivity index (χ1n) is 5.59. The number of hydrogen-bond acceptors (Lipinski definition) is 3. The highest BCUT2D eigenvalue weighted by molar-refractivity contribution is 9.10. The molecule has 1 aromatic carbocycles. The molecule has 0 amide bonds. The Morgan fingerprint density at radius 1 is 1.40 bits per heavy atom. The summed E-state index contributed by atoms with van der Waals surface area (Å²) in [6.45, 7) is 0. The van der Waals surface area contributed by atoms with E-state index in [4.69, 9.17) is 5.11 Å². The number of carbonyl (C=O) groups is 1. The third-order valence-electron chi connectivity index (χ3n) is 2.86. The van der Waals surface area contributed by atoms with Crippen LogP contribution in [0.15, 0.2) is 34.9 Å². The van der Waals surface area contributed by atoms with Gasteiger partial charge in [0.15, 0.2) is 11.3 Å². The SMILES string of the molecule is O=C(O)c1[nH]nc2ncc(F)c(-c3cccc(Br)c3)c12. The van der Waals surface area contributed by atoms with Crippen LogP contribution in [0.2, 0.25) is 0 Å². The van der Waals surface area contributed by atoms with Crippen LogP contribution in [0.25, 0.3) is 22.2 Å². The lowest BCUT2D eigenvalue weighted by atomic mass is 10.0. The van der Waals surface area contributed by atoms with E-state index >= 15 is 0 Å². The second-order valence-corrected chi connectivity index (χ2v) is 5.01. The summed E-state index contributed by atoms with van der Waals surface area (Å²) in [4.78, 5) is 15.0. The van der Waals surface area contributed by atoms with Crippen LogP contribution in [-0.2, 0) is 0 Å². The van der Waals surface area contributed by atoms with Crippen molar-refractivity contribution in [2.75, 3.05) is 0 Å². The molecule has 2 heterocycles.